The topological polar surface area (TPSA) is 82.2 Å². The second kappa shape index (κ2) is 8.84. The van der Waals surface area contributed by atoms with E-state index in [1.807, 2.05) is 35.0 Å². The standard InChI is InChI=1S/C19H22N4O3/c1-25-16-5-3-15(4-6-16)17-13-22-19(26-17)8-7-18(24)21-9-2-11-23-12-10-20-14-23/h3-6,10,12-14H,2,7-9,11H2,1H3,(H,21,24). The second-order valence-electron chi connectivity index (χ2n) is 5.85. The van der Waals surface area contributed by atoms with Crippen molar-refractivity contribution < 1.29 is 13.9 Å². The number of imidazole rings is 1. The van der Waals surface area contributed by atoms with E-state index in [2.05, 4.69) is 15.3 Å². The molecule has 0 spiro atoms. The molecule has 0 bridgehead atoms. The van der Waals surface area contributed by atoms with Crippen LogP contribution in [-0.4, -0.2) is 34.1 Å². The van der Waals surface area contributed by atoms with Crippen molar-refractivity contribution >= 4 is 5.91 Å². The molecule has 26 heavy (non-hydrogen) atoms. The van der Waals surface area contributed by atoms with E-state index in [4.69, 9.17) is 9.15 Å². The van der Waals surface area contributed by atoms with Gasteiger partial charge in [0.05, 0.1) is 19.6 Å². The molecule has 136 valence electrons. The third-order valence-electron chi connectivity index (χ3n) is 3.97. The number of ether oxygens (including phenoxy) is 1. The lowest BCUT2D eigenvalue weighted by Crippen LogP contribution is -2.25. The molecule has 0 fully saturated rings. The summed E-state index contributed by atoms with van der Waals surface area (Å²) in [6.45, 7) is 1.48. The molecule has 0 saturated heterocycles. The number of amides is 1. The zero-order valence-electron chi connectivity index (χ0n) is 14.7. The van der Waals surface area contributed by atoms with Crippen molar-refractivity contribution in [1.29, 1.82) is 0 Å². The van der Waals surface area contributed by atoms with Crippen LogP contribution in [0.25, 0.3) is 11.3 Å². The van der Waals surface area contributed by atoms with E-state index in [0.717, 1.165) is 24.3 Å². The molecule has 7 nitrogen and oxygen atoms in total. The van der Waals surface area contributed by atoms with Gasteiger partial charge in [-0.25, -0.2) is 9.97 Å². The first-order valence-corrected chi connectivity index (χ1v) is 8.56. The highest BCUT2D eigenvalue weighted by Crippen LogP contribution is 2.23. The fraction of sp³-hybridized carbons (Fsp3) is 0.316. The van der Waals surface area contributed by atoms with Crippen molar-refractivity contribution in [1.82, 2.24) is 19.9 Å². The van der Waals surface area contributed by atoms with Gasteiger partial charge in [0, 0.05) is 43.9 Å². The Morgan fingerprint density at radius 3 is 2.88 bits per heavy atom. The van der Waals surface area contributed by atoms with Crippen LogP contribution >= 0.6 is 0 Å². The summed E-state index contributed by atoms with van der Waals surface area (Å²) in [5.41, 5.74) is 0.925. The van der Waals surface area contributed by atoms with Gasteiger partial charge in [-0.15, -0.1) is 0 Å². The number of hydrogen-bond acceptors (Lipinski definition) is 5. The molecule has 0 unspecified atom stereocenters. The Balaban J connectivity index is 1.40. The molecular formula is C19H22N4O3. The minimum Gasteiger partial charge on any atom is -0.497 e. The predicted octanol–water partition coefficient (Wildman–Crippen LogP) is 2.69. The number of rotatable bonds is 9. The molecule has 1 aromatic carbocycles. The van der Waals surface area contributed by atoms with Crippen LogP contribution in [0.4, 0.5) is 0 Å². The lowest BCUT2D eigenvalue weighted by Gasteiger charge is -2.05. The van der Waals surface area contributed by atoms with Crippen LogP contribution in [-0.2, 0) is 17.8 Å². The van der Waals surface area contributed by atoms with E-state index in [1.165, 1.54) is 0 Å². The van der Waals surface area contributed by atoms with E-state index in [-0.39, 0.29) is 5.91 Å². The lowest BCUT2D eigenvalue weighted by molar-refractivity contribution is -0.121. The lowest BCUT2D eigenvalue weighted by atomic mass is 10.2. The third-order valence-corrected chi connectivity index (χ3v) is 3.97. The molecule has 1 N–H and O–H groups in total. The van der Waals surface area contributed by atoms with Crippen molar-refractivity contribution in [2.24, 2.45) is 0 Å². The largest absolute Gasteiger partial charge is 0.497 e. The van der Waals surface area contributed by atoms with Crippen molar-refractivity contribution in [2.75, 3.05) is 13.7 Å². The number of hydrogen-bond donors (Lipinski definition) is 1. The number of carbonyl (C=O) groups is 1. The van der Waals surface area contributed by atoms with E-state index in [0.29, 0.717) is 31.0 Å². The maximum absolute atomic E-state index is 11.9. The number of carbonyl (C=O) groups excluding carboxylic acids is 1. The van der Waals surface area contributed by atoms with Crippen LogP contribution in [0.15, 0.2) is 53.6 Å². The molecule has 0 aliphatic rings. The maximum Gasteiger partial charge on any atom is 0.220 e. The summed E-state index contributed by atoms with van der Waals surface area (Å²) in [5, 5.41) is 2.91. The van der Waals surface area contributed by atoms with Crippen molar-refractivity contribution in [3.8, 4) is 17.1 Å². The van der Waals surface area contributed by atoms with E-state index in [1.54, 1.807) is 25.8 Å². The summed E-state index contributed by atoms with van der Waals surface area (Å²) in [7, 11) is 1.63. The van der Waals surface area contributed by atoms with Gasteiger partial charge < -0.3 is 19.0 Å². The van der Waals surface area contributed by atoms with Crippen molar-refractivity contribution in [3.05, 3.63) is 55.1 Å². The number of methoxy groups -OCH3 is 1. The Bertz CT molecular complexity index is 810. The summed E-state index contributed by atoms with van der Waals surface area (Å²) >= 11 is 0. The molecule has 0 aliphatic carbocycles. The maximum atomic E-state index is 11.9. The van der Waals surface area contributed by atoms with Crippen molar-refractivity contribution in [2.45, 2.75) is 25.8 Å². The van der Waals surface area contributed by atoms with E-state index in [9.17, 15) is 4.79 Å². The Labute approximate surface area is 152 Å². The Hall–Kier alpha value is -3.09. The number of nitrogens with zero attached hydrogens (tertiary/aromatic N) is 3. The van der Waals surface area contributed by atoms with Crippen LogP contribution in [0.1, 0.15) is 18.7 Å². The summed E-state index contributed by atoms with van der Waals surface area (Å²) in [4.78, 5) is 20.1. The number of benzene rings is 1. The molecule has 7 heteroatoms. The molecule has 0 radical (unpaired) electrons. The Morgan fingerprint density at radius 2 is 2.15 bits per heavy atom. The first-order chi connectivity index (χ1) is 12.7. The summed E-state index contributed by atoms with van der Waals surface area (Å²) in [5.74, 6) is 2.03. The van der Waals surface area contributed by atoms with Gasteiger partial charge in [0.1, 0.15) is 5.75 Å². The molecule has 0 aliphatic heterocycles. The third kappa shape index (κ3) is 4.95. The molecule has 2 heterocycles. The second-order valence-corrected chi connectivity index (χ2v) is 5.85. The Morgan fingerprint density at radius 1 is 1.31 bits per heavy atom. The number of aryl methyl sites for hydroxylation is 2. The average Bonchev–Trinajstić information content (AvgIpc) is 3.35. The smallest absolute Gasteiger partial charge is 0.220 e. The van der Waals surface area contributed by atoms with E-state index >= 15 is 0 Å². The van der Waals surface area contributed by atoms with Crippen LogP contribution in [0, 0.1) is 0 Å². The minimum absolute atomic E-state index is 0.000159. The molecule has 3 aromatic rings. The highest BCUT2D eigenvalue weighted by atomic mass is 16.5. The van der Waals surface area contributed by atoms with Crippen molar-refractivity contribution in [3.63, 3.8) is 0 Å². The van der Waals surface area contributed by atoms with Gasteiger partial charge in [0.25, 0.3) is 0 Å². The number of oxazole rings is 1. The summed E-state index contributed by atoms with van der Waals surface area (Å²) in [6, 6.07) is 7.57. The quantitative estimate of drug-likeness (QED) is 0.598. The van der Waals surface area contributed by atoms with Gasteiger partial charge >= 0.3 is 0 Å². The van der Waals surface area contributed by atoms with Crippen LogP contribution in [0.3, 0.4) is 0 Å². The molecule has 0 atom stereocenters. The highest BCUT2D eigenvalue weighted by Gasteiger charge is 2.09. The number of aromatic nitrogens is 3. The molecule has 1 amide bonds. The fourth-order valence-corrected chi connectivity index (χ4v) is 2.53. The number of nitrogens with one attached hydrogen (secondary N) is 1. The van der Waals surface area contributed by atoms with Crippen LogP contribution in [0.5, 0.6) is 5.75 Å². The molecule has 3 rings (SSSR count). The first-order valence-electron chi connectivity index (χ1n) is 8.56. The normalized spacial score (nSPS) is 10.7. The summed E-state index contributed by atoms with van der Waals surface area (Å²) in [6.07, 6.45) is 8.80. The zero-order valence-corrected chi connectivity index (χ0v) is 14.7. The van der Waals surface area contributed by atoms with Crippen LogP contribution in [0.2, 0.25) is 0 Å². The van der Waals surface area contributed by atoms with Gasteiger partial charge in [0.15, 0.2) is 11.7 Å². The average molecular weight is 354 g/mol. The summed E-state index contributed by atoms with van der Waals surface area (Å²) < 4.78 is 12.9. The van der Waals surface area contributed by atoms with Crippen LogP contribution < -0.4 is 10.1 Å². The SMILES string of the molecule is COc1ccc(-c2cnc(CCC(=O)NCCCn3ccnc3)o2)cc1. The van der Waals surface area contributed by atoms with Gasteiger partial charge in [-0.2, -0.15) is 0 Å². The molecule has 0 saturated carbocycles. The van der Waals surface area contributed by atoms with E-state index < -0.39 is 0 Å². The molecular weight excluding hydrogens is 332 g/mol. The minimum atomic E-state index is -0.000159. The fourth-order valence-electron chi connectivity index (χ4n) is 2.53. The van der Waals surface area contributed by atoms with Gasteiger partial charge in [0.2, 0.25) is 5.91 Å². The van der Waals surface area contributed by atoms with Gasteiger partial charge in [-0.1, -0.05) is 0 Å². The monoisotopic (exact) mass is 354 g/mol. The van der Waals surface area contributed by atoms with Gasteiger partial charge in [-0.05, 0) is 30.7 Å². The predicted molar refractivity (Wildman–Crippen MR) is 96.7 cm³/mol. The highest BCUT2D eigenvalue weighted by molar-refractivity contribution is 5.76. The Kier molecular flexibility index (Phi) is 6.03. The zero-order chi connectivity index (χ0) is 18.2. The van der Waals surface area contributed by atoms with Gasteiger partial charge in [-0.3, -0.25) is 4.79 Å². The first kappa shape index (κ1) is 17.7. The molecule has 2 aromatic heterocycles.